The first-order valence-electron chi connectivity index (χ1n) is 8.29. The Labute approximate surface area is 147 Å². The molecule has 8 heteroatoms. The van der Waals surface area contributed by atoms with Crippen LogP contribution in [0.2, 0.25) is 0 Å². The van der Waals surface area contributed by atoms with Gasteiger partial charge in [-0.1, -0.05) is 27.7 Å². The minimum absolute atomic E-state index is 0.0444. The molecule has 0 saturated heterocycles. The van der Waals surface area contributed by atoms with Gasteiger partial charge in [-0.05, 0) is 17.9 Å². The van der Waals surface area contributed by atoms with Gasteiger partial charge in [0.05, 0.1) is 11.1 Å². The molecule has 0 aliphatic heterocycles. The summed E-state index contributed by atoms with van der Waals surface area (Å²) >= 11 is 0. The molecule has 2 aromatic rings. The summed E-state index contributed by atoms with van der Waals surface area (Å²) in [6, 6.07) is 4.90. The number of benzene rings is 1. The lowest BCUT2D eigenvalue weighted by Gasteiger charge is -2.29. The number of hydrogen-bond donors (Lipinski definition) is 0. The highest BCUT2D eigenvalue weighted by molar-refractivity contribution is 5.89. The van der Waals surface area contributed by atoms with Gasteiger partial charge in [0.15, 0.2) is 0 Å². The van der Waals surface area contributed by atoms with Gasteiger partial charge in [0, 0.05) is 36.5 Å². The van der Waals surface area contributed by atoms with E-state index >= 15 is 0 Å². The van der Waals surface area contributed by atoms with Crippen molar-refractivity contribution in [1.82, 2.24) is 14.9 Å². The van der Waals surface area contributed by atoms with Crippen LogP contribution in [0.25, 0.3) is 0 Å². The van der Waals surface area contributed by atoms with Crippen molar-refractivity contribution in [2.75, 3.05) is 18.0 Å². The minimum Gasteiger partial charge on any atom is -0.370 e. The molecule has 1 heterocycles. The first-order valence-corrected chi connectivity index (χ1v) is 8.29. The number of non-ortho nitro benzene ring substituents is 1. The van der Waals surface area contributed by atoms with Crippen LogP contribution in [-0.4, -0.2) is 39.1 Å². The molecule has 0 saturated carbocycles. The Morgan fingerprint density at radius 3 is 2.32 bits per heavy atom. The van der Waals surface area contributed by atoms with Crippen molar-refractivity contribution in [2.45, 2.75) is 27.7 Å². The maximum Gasteiger partial charge on any atom is 0.270 e. The van der Waals surface area contributed by atoms with E-state index in [4.69, 9.17) is 0 Å². The summed E-state index contributed by atoms with van der Waals surface area (Å²) in [5.41, 5.74) is 1.68. The molecule has 1 aromatic heterocycles. The molecular weight excluding hydrogens is 320 g/mol. The maximum absolute atomic E-state index is 11.1. The van der Waals surface area contributed by atoms with E-state index in [0.29, 0.717) is 17.4 Å². The van der Waals surface area contributed by atoms with Crippen LogP contribution >= 0.6 is 0 Å². The SMILES string of the molecule is CC(C)CN(CC(C)C)c1ccc([N+](=O)[O-])cc1/C=N/n1cnnc1. The molecule has 0 radical (unpaired) electrons. The van der Waals surface area contributed by atoms with Crippen LogP contribution in [0.4, 0.5) is 11.4 Å². The van der Waals surface area contributed by atoms with Gasteiger partial charge in [-0.15, -0.1) is 10.2 Å². The third kappa shape index (κ3) is 5.37. The lowest BCUT2D eigenvalue weighted by atomic mass is 10.1. The molecule has 0 aliphatic rings. The number of nitro benzene ring substituents is 1. The molecule has 8 nitrogen and oxygen atoms in total. The molecule has 0 spiro atoms. The molecule has 0 aliphatic carbocycles. The lowest BCUT2D eigenvalue weighted by Crippen LogP contribution is -2.32. The quantitative estimate of drug-likeness (QED) is 0.417. The number of aromatic nitrogens is 3. The highest BCUT2D eigenvalue weighted by Crippen LogP contribution is 2.26. The molecule has 0 fully saturated rings. The summed E-state index contributed by atoms with van der Waals surface area (Å²) in [7, 11) is 0. The molecule has 0 N–H and O–H groups in total. The molecular formula is C17H24N6O2. The zero-order valence-electron chi connectivity index (χ0n) is 15.0. The zero-order valence-corrected chi connectivity index (χ0v) is 15.0. The van der Waals surface area contributed by atoms with Gasteiger partial charge in [-0.3, -0.25) is 10.1 Å². The third-order valence-corrected chi connectivity index (χ3v) is 3.47. The second kappa shape index (κ2) is 8.36. The van der Waals surface area contributed by atoms with E-state index in [1.165, 1.54) is 17.3 Å². The fourth-order valence-corrected chi connectivity index (χ4v) is 2.58. The number of rotatable bonds is 8. The third-order valence-electron chi connectivity index (χ3n) is 3.47. The number of hydrogen-bond acceptors (Lipinski definition) is 6. The number of nitro groups is 1. The average molecular weight is 344 g/mol. The Bertz CT molecular complexity index is 715. The predicted molar refractivity (Wildman–Crippen MR) is 98.0 cm³/mol. The van der Waals surface area contributed by atoms with Crippen molar-refractivity contribution < 1.29 is 4.92 Å². The minimum atomic E-state index is -0.394. The molecule has 0 amide bonds. The fraction of sp³-hybridized carbons (Fsp3) is 0.471. The predicted octanol–water partition coefficient (Wildman–Crippen LogP) is 3.19. The second-order valence-corrected chi connectivity index (χ2v) is 6.78. The van der Waals surface area contributed by atoms with Gasteiger partial charge in [-0.25, -0.2) is 4.68 Å². The van der Waals surface area contributed by atoms with Crippen LogP contribution in [0.15, 0.2) is 36.0 Å². The van der Waals surface area contributed by atoms with Crippen LogP contribution < -0.4 is 4.90 Å². The van der Waals surface area contributed by atoms with E-state index in [1.54, 1.807) is 24.4 Å². The topological polar surface area (TPSA) is 89.5 Å². The highest BCUT2D eigenvalue weighted by atomic mass is 16.6. The largest absolute Gasteiger partial charge is 0.370 e. The van der Waals surface area contributed by atoms with Crippen LogP contribution in [0.3, 0.4) is 0 Å². The lowest BCUT2D eigenvalue weighted by molar-refractivity contribution is -0.384. The number of anilines is 1. The van der Waals surface area contributed by atoms with E-state index in [0.717, 1.165) is 18.8 Å². The summed E-state index contributed by atoms with van der Waals surface area (Å²) in [4.78, 5) is 13.0. The normalized spacial score (nSPS) is 11.6. The van der Waals surface area contributed by atoms with Crippen molar-refractivity contribution in [1.29, 1.82) is 0 Å². The van der Waals surface area contributed by atoms with Gasteiger partial charge in [0.2, 0.25) is 0 Å². The van der Waals surface area contributed by atoms with E-state index < -0.39 is 4.92 Å². The molecule has 1 aromatic carbocycles. The van der Waals surface area contributed by atoms with Crippen LogP contribution in [0.5, 0.6) is 0 Å². The Kier molecular flexibility index (Phi) is 6.21. The van der Waals surface area contributed by atoms with Crippen LogP contribution in [0.1, 0.15) is 33.3 Å². The summed E-state index contributed by atoms with van der Waals surface area (Å²) in [6.45, 7) is 10.4. The summed E-state index contributed by atoms with van der Waals surface area (Å²) in [5.74, 6) is 0.938. The Morgan fingerprint density at radius 2 is 1.80 bits per heavy atom. The first-order chi connectivity index (χ1) is 11.9. The first kappa shape index (κ1) is 18.6. The molecule has 25 heavy (non-hydrogen) atoms. The van der Waals surface area contributed by atoms with E-state index in [-0.39, 0.29) is 5.69 Å². The Hall–Kier alpha value is -2.77. The molecule has 0 atom stereocenters. The van der Waals surface area contributed by atoms with Gasteiger partial charge in [0.25, 0.3) is 5.69 Å². The Balaban J connectivity index is 2.44. The molecule has 0 bridgehead atoms. The van der Waals surface area contributed by atoms with Crippen molar-refractivity contribution in [3.63, 3.8) is 0 Å². The van der Waals surface area contributed by atoms with Crippen molar-refractivity contribution in [3.8, 4) is 0 Å². The second-order valence-electron chi connectivity index (χ2n) is 6.78. The van der Waals surface area contributed by atoms with E-state index in [1.807, 2.05) is 0 Å². The number of nitrogens with zero attached hydrogens (tertiary/aromatic N) is 6. The smallest absolute Gasteiger partial charge is 0.270 e. The highest BCUT2D eigenvalue weighted by Gasteiger charge is 2.17. The maximum atomic E-state index is 11.1. The van der Waals surface area contributed by atoms with Crippen molar-refractivity contribution >= 4 is 17.6 Å². The molecule has 0 unspecified atom stereocenters. The standard InChI is InChI=1S/C17H24N6O2/c1-13(2)9-21(10-14(3)4)17-6-5-16(23(24)25)7-15(17)8-20-22-11-18-19-12-22/h5-8,11-14H,9-10H2,1-4H3/b20-8+. The fourth-order valence-electron chi connectivity index (χ4n) is 2.58. The van der Waals surface area contributed by atoms with Crippen molar-refractivity contribution in [2.24, 2.45) is 16.9 Å². The van der Waals surface area contributed by atoms with Crippen molar-refractivity contribution in [3.05, 3.63) is 46.5 Å². The summed E-state index contributed by atoms with van der Waals surface area (Å²) in [6.07, 6.45) is 4.54. The van der Waals surface area contributed by atoms with Crippen LogP contribution in [0, 0.1) is 22.0 Å². The summed E-state index contributed by atoms with van der Waals surface area (Å²) < 4.78 is 1.46. The average Bonchev–Trinajstić information content (AvgIpc) is 3.04. The van der Waals surface area contributed by atoms with Gasteiger partial charge >= 0.3 is 0 Å². The van der Waals surface area contributed by atoms with E-state index in [9.17, 15) is 10.1 Å². The van der Waals surface area contributed by atoms with Gasteiger partial charge in [-0.2, -0.15) is 5.10 Å². The van der Waals surface area contributed by atoms with Gasteiger partial charge in [0.1, 0.15) is 12.7 Å². The summed E-state index contributed by atoms with van der Waals surface area (Å²) in [5, 5.41) is 22.8. The monoisotopic (exact) mass is 344 g/mol. The zero-order chi connectivity index (χ0) is 18.4. The molecule has 134 valence electrons. The van der Waals surface area contributed by atoms with Gasteiger partial charge < -0.3 is 4.90 Å². The van der Waals surface area contributed by atoms with E-state index in [2.05, 4.69) is 47.9 Å². The van der Waals surface area contributed by atoms with Crippen LogP contribution in [-0.2, 0) is 0 Å². The molecule has 2 rings (SSSR count). The Morgan fingerprint density at radius 1 is 1.20 bits per heavy atom.